The minimum absolute atomic E-state index is 0.0327. The molecule has 280 valence electrons. The molecule has 1 amide bonds. The van der Waals surface area contributed by atoms with Gasteiger partial charge in [-0.25, -0.2) is 4.79 Å². The molecule has 0 aliphatic carbocycles. The topological polar surface area (TPSA) is 135 Å². The molecule has 12 nitrogen and oxygen atoms in total. The number of oxime groups is 1. The number of hydrogen-bond donors (Lipinski definition) is 0. The van der Waals surface area contributed by atoms with Gasteiger partial charge in [-0.05, 0) is 80.9 Å². The first kappa shape index (κ1) is 37.9. The minimum atomic E-state index is -0.798. The van der Waals surface area contributed by atoms with Crippen LogP contribution in [0, 0.1) is 0 Å². The van der Waals surface area contributed by atoms with E-state index in [-0.39, 0.29) is 18.3 Å². The SMILES string of the molecule is CCn1c2ccc(C(=O)c3ccc(OCC4COC(C)(C)O4)cc3)cc2c2cc(C(CC(c3ccccc3)N(OC(C)=O)C(C)=O)=NOC(C)=O)ccc21. The van der Waals surface area contributed by atoms with Gasteiger partial charge in [-0.2, -0.15) is 5.06 Å². The van der Waals surface area contributed by atoms with Gasteiger partial charge in [0.05, 0.1) is 12.3 Å². The predicted molar refractivity (Wildman–Crippen MR) is 202 cm³/mol. The Morgan fingerprint density at radius 3 is 2.06 bits per heavy atom. The van der Waals surface area contributed by atoms with Crippen LogP contribution in [0.3, 0.4) is 0 Å². The molecule has 0 N–H and O–H groups in total. The van der Waals surface area contributed by atoms with E-state index in [1.807, 2.05) is 87.5 Å². The molecule has 12 heteroatoms. The van der Waals surface area contributed by atoms with Crippen LogP contribution in [0.25, 0.3) is 21.8 Å². The maximum Gasteiger partial charge on any atom is 0.331 e. The van der Waals surface area contributed by atoms with E-state index in [1.165, 1.54) is 20.8 Å². The van der Waals surface area contributed by atoms with Crippen molar-refractivity contribution in [1.82, 2.24) is 9.63 Å². The van der Waals surface area contributed by atoms with E-state index in [9.17, 15) is 19.2 Å². The number of nitrogens with zero attached hydrogens (tertiary/aromatic N) is 3. The monoisotopic (exact) mass is 733 g/mol. The van der Waals surface area contributed by atoms with Gasteiger partial charge in [0.2, 0.25) is 0 Å². The fraction of sp³-hybridized carbons (Fsp3) is 0.310. The molecule has 0 radical (unpaired) electrons. The van der Waals surface area contributed by atoms with Crippen molar-refractivity contribution < 1.29 is 43.1 Å². The highest BCUT2D eigenvalue weighted by Crippen LogP contribution is 2.34. The summed E-state index contributed by atoms with van der Waals surface area (Å²) >= 11 is 0. The summed E-state index contributed by atoms with van der Waals surface area (Å²) < 4.78 is 19.5. The summed E-state index contributed by atoms with van der Waals surface area (Å²) in [5.41, 5.74) is 4.50. The fourth-order valence-corrected chi connectivity index (χ4v) is 6.68. The van der Waals surface area contributed by atoms with Gasteiger partial charge in [-0.1, -0.05) is 41.6 Å². The van der Waals surface area contributed by atoms with Crippen molar-refractivity contribution in [1.29, 1.82) is 0 Å². The van der Waals surface area contributed by atoms with Crippen LogP contribution >= 0.6 is 0 Å². The molecule has 2 heterocycles. The van der Waals surface area contributed by atoms with Gasteiger partial charge in [0.15, 0.2) is 11.6 Å². The number of carbonyl (C=O) groups is 4. The molecule has 1 aliphatic rings. The average Bonchev–Trinajstić information content (AvgIpc) is 3.67. The first-order chi connectivity index (χ1) is 25.8. The quantitative estimate of drug-likeness (QED) is 0.0560. The fourth-order valence-electron chi connectivity index (χ4n) is 6.68. The number of aromatic nitrogens is 1. The Hall–Kier alpha value is -5.85. The molecule has 1 aromatic heterocycles. The second-order valence-corrected chi connectivity index (χ2v) is 13.5. The average molecular weight is 734 g/mol. The molecule has 54 heavy (non-hydrogen) atoms. The summed E-state index contributed by atoms with van der Waals surface area (Å²) in [5.74, 6) is -1.95. The lowest BCUT2D eigenvalue weighted by molar-refractivity contribution is -0.204. The van der Waals surface area contributed by atoms with Gasteiger partial charge >= 0.3 is 11.9 Å². The van der Waals surface area contributed by atoms with E-state index in [4.69, 9.17) is 23.9 Å². The van der Waals surface area contributed by atoms with Crippen LogP contribution in [-0.4, -0.2) is 64.1 Å². The van der Waals surface area contributed by atoms with Crippen molar-refractivity contribution in [2.75, 3.05) is 13.2 Å². The van der Waals surface area contributed by atoms with Crippen LogP contribution in [0.15, 0.2) is 96.2 Å². The number of benzene rings is 4. The van der Waals surface area contributed by atoms with Crippen LogP contribution in [-0.2, 0) is 40.1 Å². The Labute approximate surface area is 313 Å². The van der Waals surface area contributed by atoms with Crippen LogP contribution in [0.2, 0.25) is 0 Å². The van der Waals surface area contributed by atoms with E-state index in [1.54, 1.807) is 24.3 Å². The summed E-state index contributed by atoms with van der Waals surface area (Å²) in [4.78, 5) is 61.2. The molecule has 1 saturated heterocycles. The van der Waals surface area contributed by atoms with Crippen LogP contribution in [0.5, 0.6) is 5.75 Å². The molecule has 4 aromatic carbocycles. The molecular weight excluding hydrogens is 690 g/mol. The van der Waals surface area contributed by atoms with Crippen molar-refractivity contribution >= 4 is 51.1 Å². The largest absolute Gasteiger partial charge is 0.491 e. The number of carbonyl (C=O) groups excluding carboxylic acids is 4. The van der Waals surface area contributed by atoms with Gasteiger partial charge < -0.3 is 28.5 Å². The molecule has 1 aliphatic heterocycles. The Morgan fingerprint density at radius 2 is 1.48 bits per heavy atom. The lowest BCUT2D eigenvalue weighted by Gasteiger charge is -2.29. The second-order valence-electron chi connectivity index (χ2n) is 13.5. The van der Waals surface area contributed by atoms with Gasteiger partial charge in [-0.3, -0.25) is 14.4 Å². The maximum atomic E-state index is 13.8. The lowest BCUT2D eigenvalue weighted by atomic mass is 9.95. The lowest BCUT2D eigenvalue weighted by Crippen LogP contribution is -2.36. The highest BCUT2D eigenvalue weighted by atomic mass is 16.7. The molecular formula is C42H43N3O9. The normalized spacial score (nSPS) is 15.9. The van der Waals surface area contributed by atoms with Gasteiger partial charge in [0.25, 0.3) is 5.91 Å². The smallest absolute Gasteiger partial charge is 0.331 e. The first-order valence-corrected chi connectivity index (χ1v) is 17.8. The summed E-state index contributed by atoms with van der Waals surface area (Å²) in [5, 5.41) is 6.94. The van der Waals surface area contributed by atoms with E-state index >= 15 is 0 Å². The maximum absolute atomic E-state index is 13.8. The number of hydroxylamine groups is 2. The third kappa shape index (κ3) is 8.51. The number of ketones is 1. The van der Waals surface area contributed by atoms with Crippen molar-refractivity contribution in [2.45, 2.75) is 72.4 Å². The zero-order valence-electron chi connectivity index (χ0n) is 31.2. The van der Waals surface area contributed by atoms with Crippen LogP contribution in [0.4, 0.5) is 0 Å². The van der Waals surface area contributed by atoms with E-state index < -0.39 is 29.7 Å². The Bertz CT molecular complexity index is 2220. The Morgan fingerprint density at radius 1 is 0.852 bits per heavy atom. The summed E-state index contributed by atoms with van der Waals surface area (Å²) in [7, 11) is 0. The zero-order chi connectivity index (χ0) is 38.6. The van der Waals surface area contributed by atoms with E-state index in [0.29, 0.717) is 53.5 Å². The molecule has 0 spiro atoms. The summed E-state index contributed by atoms with van der Waals surface area (Å²) in [6.45, 7) is 11.0. The number of rotatable bonds is 12. The minimum Gasteiger partial charge on any atom is -0.491 e. The molecule has 6 rings (SSSR count). The third-order valence-corrected chi connectivity index (χ3v) is 9.07. The van der Waals surface area contributed by atoms with Crippen molar-refractivity contribution in [3.8, 4) is 5.75 Å². The highest BCUT2D eigenvalue weighted by molar-refractivity contribution is 6.16. The molecule has 2 atom stereocenters. The van der Waals surface area contributed by atoms with Crippen molar-refractivity contribution in [3.05, 3.63) is 113 Å². The summed E-state index contributed by atoms with van der Waals surface area (Å²) in [6, 6.07) is 26.7. The summed E-state index contributed by atoms with van der Waals surface area (Å²) in [6.07, 6.45) is -0.144. The standard InChI is InChI=1S/C42H43N3O9/c1-7-44-38-19-15-31(37(43-53-27(3)47)23-40(29-11-9-8-10-12-29)45(26(2)46)54-28(4)48)21-35(38)36-22-32(16-20-39(36)44)41(49)30-13-17-33(18-14-30)50-24-34-25-51-42(5,6)52-34/h8-22,34,40H,7,23-25H2,1-6H3. The van der Waals surface area contributed by atoms with E-state index in [2.05, 4.69) is 9.72 Å². The molecule has 0 bridgehead atoms. The molecule has 2 unspecified atom stereocenters. The van der Waals surface area contributed by atoms with Crippen molar-refractivity contribution in [3.63, 3.8) is 0 Å². The highest BCUT2D eigenvalue weighted by Gasteiger charge is 2.33. The Kier molecular flexibility index (Phi) is 11.2. The van der Waals surface area contributed by atoms with Gasteiger partial charge in [-0.15, -0.1) is 0 Å². The van der Waals surface area contributed by atoms with Gasteiger partial charge in [0.1, 0.15) is 24.5 Å². The zero-order valence-corrected chi connectivity index (χ0v) is 31.2. The number of ether oxygens (including phenoxy) is 3. The Balaban J connectivity index is 1.34. The van der Waals surface area contributed by atoms with Gasteiger partial charge in [0, 0.05) is 72.2 Å². The number of aryl methyl sites for hydroxylation is 1. The second kappa shape index (κ2) is 16.0. The molecule has 5 aromatic rings. The number of hydrogen-bond acceptors (Lipinski definition) is 10. The third-order valence-electron chi connectivity index (χ3n) is 9.07. The van der Waals surface area contributed by atoms with Crippen molar-refractivity contribution in [2.24, 2.45) is 5.16 Å². The predicted octanol–water partition coefficient (Wildman–Crippen LogP) is 7.30. The number of fused-ring (bicyclic) bond motifs is 3. The number of amides is 1. The first-order valence-electron chi connectivity index (χ1n) is 17.8. The van der Waals surface area contributed by atoms with Crippen LogP contribution < -0.4 is 4.74 Å². The molecule has 0 saturated carbocycles. The van der Waals surface area contributed by atoms with E-state index in [0.717, 1.165) is 26.9 Å². The molecule has 1 fully saturated rings. The van der Waals surface area contributed by atoms with Crippen LogP contribution in [0.1, 0.15) is 81.1 Å².